The molecule has 2 aromatic rings. The molecule has 1 N–H and O–H groups in total. The Balaban J connectivity index is 1.98. The number of halogens is 2. The van der Waals surface area contributed by atoms with Crippen LogP contribution in [0.5, 0.6) is 0 Å². The molecule has 1 aromatic heterocycles. The largest absolute Gasteiger partial charge is 0.304 e. The highest BCUT2D eigenvalue weighted by atomic mass is 79.9. The molecule has 2 rings (SSSR count). The van der Waals surface area contributed by atoms with Gasteiger partial charge in [0.2, 0.25) is 0 Å². The van der Waals surface area contributed by atoms with Crippen molar-refractivity contribution in [1.29, 1.82) is 0 Å². The lowest BCUT2D eigenvalue weighted by Gasteiger charge is -2.15. The molecule has 0 radical (unpaired) electrons. The Bertz CT molecular complexity index is 556. The van der Waals surface area contributed by atoms with Crippen LogP contribution in [0.1, 0.15) is 35.3 Å². The van der Waals surface area contributed by atoms with E-state index in [9.17, 15) is 0 Å². The number of hydrogen-bond acceptors (Lipinski definition) is 3. The van der Waals surface area contributed by atoms with Crippen LogP contribution in [0.2, 0.25) is 5.02 Å². The Morgan fingerprint density at radius 3 is 2.89 bits per heavy atom. The van der Waals surface area contributed by atoms with Gasteiger partial charge in [-0.2, -0.15) is 0 Å². The molecule has 0 saturated carbocycles. The summed E-state index contributed by atoms with van der Waals surface area (Å²) in [4.78, 5) is 5.73. The van der Waals surface area contributed by atoms with Gasteiger partial charge in [-0.1, -0.05) is 40.5 Å². The summed E-state index contributed by atoms with van der Waals surface area (Å²) in [5, 5.41) is 5.36. The lowest BCUT2D eigenvalue weighted by Crippen LogP contribution is -2.18. The van der Waals surface area contributed by atoms with E-state index < -0.39 is 0 Å². The zero-order valence-corrected chi connectivity index (χ0v) is 14.1. The smallest absolute Gasteiger partial charge is 0.107 e. The van der Waals surface area contributed by atoms with Crippen LogP contribution in [0, 0.1) is 0 Å². The van der Waals surface area contributed by atoms with Crippen molar-refractivity contribution in [3.63, 3.8) is 0 Å². The van der Waals surface area contributed by atoms with Gasteiger partial charge in [0, 0.05) is 33.2 Å². The van der Waals surface area contributed by atoms with Gasteiger partial charge in [0.1, 0.15) is 5.01 Å². The van der Waals surface area contributed by atoms with Gasteiger partial charge in [-0.05, 0) is 31.0 Å². The van der Waals surface area contributed by atoms with Crippen molar-refractivity contribution in [2.45, 2.75) is 32.9 Å². The second-order valence-corrected chi connectivity index (χ2v) is 6.86. The average molecular weight is 360 g/mol. The summed E-state index contributed by atoms with van der Waals surface area (Å²) in [6, 6.07) is 6.18. The predicted octanol–water partition coefficient (Wildman–Crippen LogP) is 4.97. The SMILES string of the molecule is CCc1cnc(CNC(C)c2ccc(Br)cc2Cl)s1. The maximum atomic E-state index is 6.25. The second kappa shape index (κ2) is 6.84. The van der Waals surface area contributed by atoms with Crippen molar-refractivity contribution in [3.8, 4) is 0 Å². The molecular formula is C14H16BrClN2S. The Kier molecular flexibility index (Phi) is 5.39. The van der Waals surface area contributed by atoms with Crippen LogP contribution < -0.4 is 5.32 Å². The summed E-state index contributed by atoms with van der Waals surface area (Å²) >= 11 is 11.4. The first kappa shape index (κ1) is 15.0. The van der Waals surface area contributed by atoms with Gasteiger partial charge in [0.05, 0.1) is 0 Å². The minimum atomic E-state index is 0.203. The first-order chi connectivity index (χ1) is 9.10. The number of thiazole rings is 1. The molecule has 1 unspecified atom stereocenters. The van der Waals surface area contributed by atoms with Gasteiger partial charge in [-0.25, -0.2) is 4.98 Å². The highest BCUT2D eigenvalue weighted by Crippen LogP contribution is 2.26. The third-order valence-corrected chi connectivity index (χ3v) is 4.90. The Morgan fingerprint density at radius 1 is 1.47 bits per heavy atom. The van der Waals surface area contributed by atoms with Gasteiger partial charge < -0.3 is 5.32 Å². The minimum absolute atomic E-state index is 0.203. The number of nitrogens with zero attached hydrogens (tertiary/aromatic N) is 1. The number of aromatic nitrogens is 1. The summed E-state index contributed by atoms with van der Waals surface area (Å²) in [6.07, 6.45) is 3.00. The zero-order valence-electron chi connectivity index (χ0n) is 10.9. The van der Waals surface area contributed by atoms with Gasteiger partial charge in [-0.3, -0.25) is 0 Å². The maximum absolute atomic E-state index is 6.25. The van der Waals surface area contributed by atoms with Gasteiger partial charge in [-0.15, -0.1) is 11.3 Å². The van der Waals surface area contributed by atoms with Crippen LogP contribution in [-0.4, -0.2) is 4.98 Å². The number of aryl methyl sites for hydroxylation is 1. The summed E-state index contributed by atoms with van der Waals surface area (Å²) < 4.78 is 1.00. The normalized spacial score (nSPS) is 12.6. The van der Waals surface area contributed by atoms with E-state index >= 15 is 0 Å². The van der Waals surface area contributed by atoms with Gasteiger partial charge in [0.25, 0.3) is 0 Å². The van der Waals surface area contributed by atoms with Crippen LogP contribution >= 0.6 is 38.9 Å². The van der Waals surface area contributed by atoms with E-state index in [1.165, 1.54) is 4.88 Å². The molecule has 1 aromatic carbocycles. The van der Waals surface area contributed by atoms with Crippen LogP contribution in [0.4, 0.5) is 0 Å². The number of rotatable bonds is 5. The third-order valence-electron chi connectivity index (χ3n) is 2.94. The highest BCUT2D eigenvalue weighted by Gasteiger charge is 2.10. The first-order valence-corrected chi connectivity index (χ1v) is 8.20. The molecule has 0 aliphatic rings. The maximum Gasteiger partial charge on any atom is 0.107 e. The van der Waals surface area contributed by atoms with Crippen LogP contribution in [0.15, 0.2) is 28.9 Å². The second-order valence-electron chi connectivity index (χ2n) is 4.34. The van der Waals surface area contributed by atoms with Crippen LogP contribution in [0.3, 0.4) is 0 Å². The van der Waals surface area contributed by atoms with E-state index in [0.29, 0.717) is 0 Å². The molecule has 0 spiro atoms. The number of nitrogens with one attached hydrogen (secondary N) is 1. The molecule has 0 aliphatic carbocycles. The van der Waals surface area contributed by atoms with Crippen LogP contribution in [0.25, 0.3) is 0 Å². The predicted molar refractivity (Wildman–Crippen MR) is 85.9 cm³/mol. The van der Waals surface area contributed by atoms with Gasteiger partial charge in [0.15, 0.2) is 0 Å². The van der Waals surface area contributed by atoms with Crippen LogP contribution in [-0.2, 0) is 13.0 Å². The lowest BCUT2D eigenvalue weighted by atomic mass is 10.1. The van der Waals surface area contributed by atoms with Crippen molar-refractivity contribution in [2.75, 3.05) is 0 Å². The number of benzene rings is 1. The summed E-state index contributed by atoms with van der Waals surface area (Å²) in [6.45, 7) is 5.04. The van der Waals surface area contributed by atoms with E-state index in [4.69, 9.17) is 11.6 Å². The van der Waals surface area contributed by atoms with E-state index in [1.807, 2.05) is 24.4 Å². The van der Waals surface area contributed by atoms with Crippen molar-refractivity contribution in [2.24, 2.45) is 0 Å². The topological polar surface area (TPSA) is 24.9 Å². The van der Waals surface area contributed by atoms with Gasteiger partial charge >= 0.3 is 0 Å². The van der Waals surface area contributed by atoms with E-state index in [-0.39, 0.29) is 6.04 Å². The monoisotopic (exact) mass is 358 g/mol. The lowest BCUT2D eigenvalue weighted by molar-refractivity contribution is 0.573. The Hall–Kier alpha value is -0.420. The summed E-state index contributed by atoms with van der Waals surface area (Å²) in [5.74, 6) is 0. The fourth-order valence-electron chi connectivity index (χ4n) is 1.80. The number of hydrogen-bond donors (Lipinski definition) is 1. The molecule has 0 fully saturated rings. The highest BCUT2D eigenvalue weighted by molar-refractivity contribution is 9.10. The van der Waals surface area contributed by atoms with Crippen molar-refractivity contribution in [3.05, 3.63) is 49.3 Å². The molecule has 1 atom stereocenters. The zero-order chi connectivity index (χ0) is 13.8. The molecule has 0 saturated heterocycles. The van der Waals surface area contributed by atoms with E-state index in [2.05, 4.69) is 40.1 Å². The molecule has 19 heavy (non-hydrogen) atoms. The van der Waals surface area contributed by atoms with Crippen molar-refractivity contribution in [1.82, 2.24) is 10.3 Å². The quantitative estimate of drug-likeness (QED) is 0.815. The molecule has 1 heterocycles. The molecule has 2 nitrogen and oxygen atoms in total. The summed E-state index contributed by atoms with van der Waals surface area (Å²) in [5.41, 5.74) is 1.11. The minimum Gasteiger partial charge on any atom is -0.304 e. The molecule has 102 valence electrons. The van der Waals surface area contributed by atoms with E-state index in [0.717, 1.165) is 33.0 Å². The van der Waals surface area contributed by atoms with E-state index in [1.54, 1.807) is 11.3 Å². The Labute approximate surface area is 131 Å². The molecule has 5 heteroatoms. The molecular weight excluding hydrogens is 344 g/mol. The first-order valence-electron chi connectivity index (χ1n) is 6.22. The average Bonchev–Trinajstić information content (AvgIpc) is 2.84. The Morgan fingerprint density at radius 2 is 2.26 bits per heavy atom. The standard InChI is InChI=1S/C14H16BrClN2S/c1-3-11-7-18-14(19-11)8-17-9(2)12-5-4-10(15)6-13(12)16/h4-7,9,17H,3,8H2,1-2H3. The fourth-order valence-corrected chi connectivity index (χ4v) is 3.45. The fraction of sp³-hybridized carbons (Fsp3) is 0.357. The molecule has 0 bridgehead atoms. The van der Waals surface area contributed by atoms with Crippen molar-refractivity contribution < 1.29 is 0 Å². The molecule has 0 amide bonds. The molecule has 0 aliphatic heterocycles. The summed E-state index contributed by atoms with van der Waals surface area (Å²) in [7, 11) is 0. The third kappa shape index (κ3) is 4.02. The van der Waals surface area contributed by atoms with Crippen molar-refractivity contribution >= 4 is 38.9 Å².